The maximum absolute atomic E-state index is 13.7. The summed E-state index contributed by atoms with van der Waals surface area (Å²) >= 11 is 0. The molecule has 3 nitrogen and oxygen atoms in total. The maximum Gasteiger partial charge on any atom is 0.127 e. The van der Waals surface area contributed by atoms with Gasteiger partial charge >= 0.3 is 0 Å². The summed E-state index contributed by atoms with van der Waals surface area (Å²) in [5.41, 5.74) is 2.56. The molecule has 1 aliphatic rings. The van der Waals surface area contributed by atoms with Crippen molar-refractivity contribution >= 4 is 0 Å². The predicted octanol–water partition coefficient (Wildman–Crippen LogP) is 2.48. The molecule has 0 spiro atoms. The minimum atomic E-state index is -0.150. The van der Waals surface area contributed by atoms with E-state index in [0.717, 1.165) is 11.3 Å². The van der Waals surface area contributed by atoms with Crippen molar-refractivity contribution in [3.63, 3.8) is 0 Å². The summed E-state index contributed by atoms with van der Waals surface area (Å²) in [5, 5.41) is 7.67. The van der Waals surface area contributed by atoms with Crippen LogP contribution in [0.15, 0.2) is 30.5 Å². The summed E-state index contributed by atoms with van der Waals surface area (Å²) in [6.07, 6.45) is 4.31. The number of aromatic nitrogens is 2. The van der Waals surface area contributed by atoms with E-state index in [-0.39, 0.29) is 5.82 Å². The van der Waals surface area contributed by atoms with Gasteiger partial charge in [-0.3, -0.25) is 4.68 Å². The first-order valence-corrected chi connectivity index (χ1v) is 6.24. The summed E-state index contributed by atoms with van der Waals surface area (Å²) < 4.78 is 15.4. The van der Waals surface area contributed by atoms with Crippen LogP contribution in [-0.2, 0) is 13.6 Å². The third-order valence-corrected chi connectivity index (χ3v) is 3.21. The zero-order chi connectivity index (χ0) is 12.5. The van der Waals surface area contributed by atoms with Gasteiger partial charge in [0.25, 0.3) is 0 Å². The van der Waals surface area contributed by atoms with Crippen LogP contribution >= 0.6 is 0 Å². The Kier molecular flexibility index (Phi) is 2.88. The fraction of sp³-hybridized carbons (Fsp3) is 0.357. The Morgan fingerprint density at radius 1 is 1.39 bits per heavy atom. The van der Waals surface area contributed by atoms with Crippen LogP contribution in [0.3, 0.4) is 0 Å². The molecule has 1 heterocycles. The fourth-order valence-electron chi connectivity index (χ4n) is 1.98. The SMILES string of the molecule is Cn1ccc(-c2ccc(F)c(CNC3CC3)c2)n1. The number of nitrogens with one attached hydrogen (secondary N) is 1. The van der Waals surface area contributed by atoms with Gasteiger partial charge in [0.1, 0.15) is 5.82 Å². The lowest BCUT2D eigenvalue weighted by Gasteiger charge is -2.06. The summed E-state index contributed by atoms with van der Waals surface area (Å²) in [5.74, 6) is -0.150. The van der Waals surface area contributed by atoms with Crippen LogP contribution in [0.1, 0.15) is 18.4 Å². The third kappa shape index (κ3) is 2.43. The first kappa shape index (κ1) is 11.4. The highest BCUT2D eigenvalue weighted by Crippen LogP contribution is 2.23. The van der Waals surface area contributed by atoms with Crippen molar-refractivity contribution in [3.05, 3.63) is 41.8 Å². The predicted molar refractivity (Wildman–Crippen MR) is 68.5 cm³/mol. The minimum absolute atomic E-state index is 0.150. The van der Waals surface area contributed by atoms with E-state index in [2.05, 4.69) is 10.4 Å². The third-order valence-electron chi connectivity index (χ3n) is 3.21. The van der Waals surface area contributed by atoms with Gasteiger partial charge in [-0.05, 0) is 37.1 Å². The fourth-order valence-corrected chi connectivity index (χ4v) is 1.98. The molecule has 2 aromatic rings. The molecule has 3 rings (SSSR count). The smallest absolute Gasteiger partial charge is 0.127 e. The first-order valence-electron chi connectivity index (χ1n) is 6.24. The molecule has 4 heteroatoms. The number of benzene rings is 1. The summed E-state index contributed by atoms with van der Waals surface area (Å²) in [4.78, 5) is 0. The van der Waals surface area contributed by atoms with Gasteiger partial charge in [-0.1, -0.05) is 0 Å². The maximum atomic E-state index is 13.7. The topological polar surface area (TPSA) is 29.9 Å². The van der Waals surface area contributed by atoms with E-state index in [1.54, 1.807) is 10.7 Å². The van der Waals surface area contributed by atoms with Gasteiger partial charge in [0.2, 0.25) is 0 Å². The average molecular weight is 245 g/mol. The van der Waals surface area contributed by atoms with Gasteiger partial charge in [-0.15, -0.1) is 0 Å². The van der Waals surface area contributed by atoms with E-state index in [1.165, 1.54) is 18.9 Å². The van der Waals surface area contributed by atoms with Gasteiger partial charge < -0.3 is 5.32 Å². The van der Waals surface area contributed by atoms with Crippen molar-refractivity contribution in [2.24, 2.45) is 7.05 Å². The lowest BCUT2D eigenvalue weighted by atomic mass is 10.1. The number of hydrogen-bond acceptors (Lipinski definition) is 2. The summed E-state index contributed by atoms with van der Waals surface area (Å²) in [6, 6.07) is 7.70. The van der Waals surface area contributed by atoms with E-state index < -0.39 is 0 Å². The molecule has 1 aromatic carbocycles. The highest BCUT2D eigenvalue weighted by atomic mass is 19.1. The number of nitrogens with zero attached hydrogens (tertiary/aromatic N) is 2. The van der Waals surface area contributed by atoms with Gasteiger partial charge in [-0.25, -0.2) is 4.39 Å². The Labute approximate surface area is 106 Å². The Morgan fingerprint density at radius 3 is 2.89 bits per heavy atom. The quantitative estimate of drug-likeness (QED) is 0.896. The number of aryl methyl sites for hydroxylation is 1. The van der Waals surface area contributed by atoms with Crippen LogP contribution in [0, 0.1) is 5.82 Å². The monoisotopic (exact) mass is 245 g/mol. The Balaban J connectivity index is 1.84. The molecular formula is C14H16FN3. The molecule has 1 fully saturated rings. The van der Waals surface area contributed by atoms with E-state index in [1.807, 2.05) is 25.4 Å². The molecule has 1 saturated carbocycles. The molecule has 0 atom stereocenters. The summed E-state index contributed by atoms with van der Waals surface area (Å²) in [7, 11) is 1.88. The van der Waals surface area contributed by atoms with Crippen LogP contribution in [0.5, 0.6) is 0 Å². The molecule has 94 valence electrons. The van der Waals surface area contributed by atoms with Gasteiger partial charge in [-0.2, -0.15) is 5.10 Å². The van der Waals surface area contributed by atoms with Gasteiger partial charge in [0.05, 0.1) is 5.69 Å². The Morgan fingerprint density at radius 2 is 2.22 bits per heavy atom. The summed E-state index contributed by atoms with van der Waals surface area (Å²) in [6.45, 7) is 0.594. The van der Waals surface area contributed by atoms with Crippen molar-refractivity contribution in [1.82, 2.24) is 15.1 Å². The van der Waals surface area contributed by atoms with Crippen molar-refractivity contribution in [2.45, 2.75) is 25.4 Å². The number of halogens is 1. The molecule has 0 radical (unpaired) electrons. The molecule has 0 bridgehead atoms. The molecule has 1 aliphatic carbocycles. The van der Waals surface area contributed by atoms with Crippen molar-refractivity contribution in [2.75, 3.05) is 0 Å². The molecule has 18 heavy (non-hydrogen) atoms. The zero-order valence-corrected chi connectivity index (χ0v) is 10.4. The van der Waals surface area contributed by atoms with Gasteiger partial charge in [0.15, 0.2) is 0 Å². The number of hydrogen-bond donors (Lipinski definition) is 1. The Bertz CT molecular complexity index is 558. The van der Waals surface area contributed by atoms with E-state index in [9.17, 15) is 4.39 Å². The molecule has 0 unspecified atom stereocenters. The molecule has 0 aliphatic heterocycles. The second kappa shape index (κ2) is 4.53. The van der Waals surface area contributed by atoms with E-state index in [4.69, 9.17) is 0 Å². The second-order valence-corrected chi connectivity index (χ2v) is 4.84. The van der Waals surface area contributed by atoms with Crippen LogP contribution in [0.2, 0.25) is 0 Å². The molecular weight excluding hydrogens is 229 g/mol. The van der Waals surface area contributed by atoms with Crippen LogP contribution < -0.4 is 5.32 Å². The van der Waals surface area contributed by atoms with Crippen molar-refractivity contribution in [1.29, 1.82) is 0 Å². The highest BCUT2D eigenvalue weighted by molar-refractivity contribution is 5.59. The molecule has 0 amide bonds. The normalized spacial score (nSPS) is 15.0. The zero-order valence-electron chi connectivity index (χ0n) is 10.4. The standard InChI is InChI=1S/C14H16FN3/c1-18-7-6-14(17-18)10-2-5-13(15)11(8-10)9-16-12-3-4-12/h2,5-8,12,16H,3-4,9H2,1H3. The highest BCUT2D eigenvalue weighted by Gasteiger charge is 2.20. The van der Waals surface area contributed by atoms with E-state index in [0.29, 0.717) is 18.2 Å². The number of rotatable bonds is 4. The van der Waals surface area contributed by atoms with Crippen molar-refractivity contribution < 1.29 is 4.39 Å². The average Bonchev–Trinajstić information content (AvgIpc) is 3.09. The minimum Gasteiger partial charge on any atom is -0.310 e. The lowest BCUT2D eigenvalue weighted by Crippen LogP contribution is -2.16. The Hall–Kier alpha value is -1.68. The molecule has 1 aromatic heterocycles. The van der Waals surface area contributed by atoms with Crippen molar-refractivity contribution in [3.8, 4) is 11.3 Å². The van der Waals surface area contributed by atoms with Crippen LogP contribution in [-0.4, -0.2) is 15.8 Å². The molecule has 1 N–H and O–H groups in total. The largest absolute Gasteiger partial charge is 0.310 e. The lowest BCUT2D eigenvalue weighted by molar-refractivity contribution is 0.587. The van der Waals surface area contributed by atoms with E-state index >= 15 is 0 Å². The molecule has 0 saturated heterocycles. The first-order chi connectivity index (χ1) is 8.72. The second-order valence-electron chi connectivity index (χ2n) is 4.84. The van der Waals surface area contributed by atoms with Crippen LogP contribution in [0.25, 0.3) is 11.3 Å². The van der Waals surface area contributed by atoms with Crippen LogP contribution in [0.4, 0.5) is 4.39 Å². The van der Waals surface area contributed by atoms with Gasteiger partial charge in [0, 0.05) is 37.0 Å².